The Labute approximate surface area is 135 Å². The third-order valence-corrected chi connectivity index (χ3v) is 4.01. The Balaban J connectivity index is 2.50. The van der Waals surface area contributed by atoms with E-state index >= 15 is 0 Å². The first-order chi connectivity index (χ1) is 10.5. The van der Waals surface area contributed by atoms with Gasteiger partial charge in [-0.2, -0.15) is 0 Å². The Hall–Kier alpha value is -2.08. The summed E-state index contributed by atoms with van der Waals surface area (Å²) in [5.74, 6) is -0.207. The molecule has 1 aromatic carbocycles. The van der Waals surface area contributed by atoms with Gasteiger partial charge >= 0.3 is 5.97 Å². The summed E-state index contributed by atoms with van der Waals surface area (Å²) < 4.78 is 4.94. The van der Waals surface area contributed by atoms with Crippen LogP contribution in [-0.4, -0.2) is 34.7 Å². The van der Waals surface area contributed by atoms with Crippen LogP contribution in [0, 0.1) is 0 Å². The van der Waals surface area contributed by atoms with Crippen LogP contribution in [-0.2, 0) is 9.53 Å². The molecule has 0 saturated heterocycles. The van der Waals surface area contributed by atoms with E-state index in [0.29, 0.717) is 10.7 Å². The fourth-order valence-corrected chi connectivity index (χ4v) is 2.91. The molecule has 0 amide bonds. The third kappa shape index (κ3) is 3.06. The molecule has 1 aliphatic heterocycles. The van der Waals surface area contributed by atoms with Crippen LogP contribution in [0.1, 0.15) is 31.9 Å². The fraction of sp³-hybridized carbons (Fsp3) is 0.375. The number of rotatable bonds is 4. The van der Waals surface area contributed by atoms with Gasteiger partial charge in [-0.25, -0.2) is 4.79 Å². The number of phenols is 1. The number of thiocarbonyl (C=S) groups is 1. The summed E-state index contributed by atoms with van der Waals surface area (Å²) in [5, 5.41) is 13.2. The predicted octanol–water partition coefficient (Wildman–Crippen LogP) is 2.48. The Kier molecular flexibility index (Phi) is 5.03. The van der Waals surface area contributed by atoms with E-state index in [1.807, 2.05) is 11.8 Å². The zero-order chi connectivity index (χ0) is 16.3. The fourth-order valence-electron chi connectivity index (χ4n) is 2.57. The van der Waals surface area contributed by atoms with Gasteiger partial charge in [0.15, 0.2) is 5.11 Å². The second-order valence-corrected chi connectivity index (χ2v) is 5.50. The molecule has 0 aliphatic carbocycles. The molecule has 1 unspecified atom stereocenters. The molecule has 118 valence electrons. The summed E-state index contributed by atoms with van der Waals surface area (Å²) in [5.41, 5.74) is 2.18. The number of aromatic hydroxyl groups is 1. The van der Waals surface area contributed by atoms with Crippen molar-refractivity contribution in [1.29, 1.82) is 0 Å². The lowest BCUT2D eigenvalue weighted by Gasteiger charge is -2.37. The second-order valence-electron chi connectivity index (χ2n) is 5.12. The number of carbonyl (C=O) groups is 1. The van der Waals surface area contributed by atoms with Gasteiger partial charge in [0.2, 0.25) is 0 Å². The van der Waals surface area contributed by atoms with Crippen molar-refractivity contribution in [1.82, 2.24) is 10.2 Å². The van der Waals surface area contributed by atoms with Crippen molar-refractivity contribution in [2.24, 2.45) is 0 Å². The molecule has 2 N–H and O–H groups in total. The molecule has 0 bridgehead atoms. The minimum Gasteiger partial charge on any atom is -0.508 e. The van der Waals surface area contributed by atoms with E-state index in [4.69, 9.17) is 17.0 Å². The molecular formula is C16H20N2O3S. The van der Waals surface area contributed by atoms with Crippen molar-refractivity contribution < 1.29 is 14.6 Å². The van der Waals surface area contributed by atoms with Crippen molar-refractivity contribution >= 4 is 23.3 Å². The van der Waals surface area contributed by atoms with Crippen LogP contribution in [0.2, 0.25) is 0 Å². The van der Waals surface area contributed by atoms with Gasteiger partial charge in [-0.1, -0.05) is 19.1 Å². The number of nitrogens with one attached hydrogen (secondary N) is 1. The molecule has 0 aromatic heterocycles. The summed E-state index contributed by atoms with van der Waals surface area (Å²) in [7, 11) is 1.37. The van der Waals surface area contributed by atoms with Crippen molar-refractivity contribution in [2.75, 3.05) is 13.7 Å². The van der Waals surface area contributed by atoms with Gasteiger partial charge in [-0.05, 0) is 43.3 Å². The molecule has 0 spiro atoms. The third-order valence-electron chi connectivity index (χ3n) is 3.68. The number of ether oxygens (including phenoxy) is 1. The van der Waals surface area contributed by atoms with Gasteiger partial charge < -0.3 is 20.1 Å². The summed E-state index contributed by atoms with van der Waals surface area (Å²) in [6.45, 7) is 4.67. The topological polar surface area (TPSA) is 61.8 Å². The minimum absolute atomic E-state index is 0.176. The predicted molar refractivity (Wildman–Crippen MR) is 88.3 cm³/mol. The number of methoxy groups -OCH3 is 1. The second kappa shape index (κ2) is 6.79. The van der Waals surface area contributed by atoms with Crippen LogP contribution in [0.4, 0.5) is 0 Å². The normalized spacial score (nSPS) is 18.2. The highest BCUT2D eigenvalue weighted by molar-refractivity contribution is 7.80. The average molecular weight is 320 g/mol. The SMILES string of the molecule is CCCN1C(=S)NC(c2ccc(O)cc2)C(C(=O)OC)=C1C. The Bertz CT molecular complexity index is 610. The van der Waals surface area contributed by atoms with Crippen LogP contribution >= 0.6 is 12.2 Å². The van der Waals surface area contributed by atoms with Crippen LogP contribution in [0.5, 0.6) is 5.75 Å². The number of benzene rings is 1. The standard InChI is InChI=1S/C16H20N2O3S/c1-4-9-18-10(2)13(15(20)21-3)14(17-16(18)22)11-5-7-12(19)8-6-11/h5-8,14,19H,4,9H2,1-3H3,(H,17,22). The molecule has 2 rings (SSSR count). The van der Waals surface area contributed by atoms with Gasteiger partial charge in [-0.15, -0.1) is 0 Å². The quantitative estimate of drug-likeness (QED) is 0.656. The average Bonchev–Trinajstić information content (AvgIpc) is 2.51. The van der Waals surface area contributed by atoms with Gasteiger partial charge in [0.25, 0.3) is 0 Å². The van der Waals surface area contributed by atoms with E-state index < -0.39 is 0 Å². The highest BCUT2D eigenvalue weighted by atomic mass is 32.1. The number of carbonyl (C=O) groups excluding carboxylic acids is 1. The number of phenolic OH excluding ortho intramolecular Hbond substituents is 1. The minimum atomic E-state index is -0.383. The zero-order valence-corrected chi connectivity index (χ0v) is 13.7. The Morgan fingerprint density at radius 1 is 1.41 bits per heavy atom. The Morgan fingerprint density at radius 2 is 2.05 bits per heavy atom. The molecule has 6 heteroatoms. The van der Waals surface area contributed by atoms with Crippen molar-refractivity contribution in [2.45, 2.75) is 26.3 Å². The molecule has 1 heterocycles. The van der Waals surface area contributed by atoms with Gasteiger partial charge in [-0.3, -0.25) is 0 Å². The molecule has 5 nitrogen and oxygen atoms in total. The number of hydrogen-bond donors (Lipinski definition) is 2. The largest absolute Gasteiger partial charge is 0.508 e. The number of nitrogens with zero attached hydrogens (tertiary/aromatic N) is 1. The van der Waals surface area contributed by atoms with E-state index in [1.165, 1.54) is 7.11 Å². The summed E-state index contributed by atoms with van der Waals surface area (Å²) >= 11 is 5.43. The monoisotopic (exact) mass is 320 g/mol. The zero-order valence-electron chi connectivity index (χ0n) is 12.9. The lowest BCUT2D eigenvalue weighted by atomic mass is 9.95. The molecule has 1 aliphatic rings. The number of esters is 1. The van der Waals surface area contributed by atoms with E-state index in [9.17, 15) is 9.90 Å². The first kappa shape index (κ1) is 16.3. The first-order valence-corrected chi connectivity index (χ1v) is 7.56. The van der Waals surface area contributed by atoms with Gasteiger partial charge in [0.05, 0.1) is 18.7 Å². The Morgan fingerprint density at radius 3 is 2.59 bits per heavy atom. The maximum Gasteiger partial charge on any atom is 0.337 e. The van der Waals surface area contributed by atoms with E-state index in [1.54, 1.807) is 24.3 Å². The number of allylic oxidation sites excluding steroid dienone is 1. The van der Waals surface area contributed by atoms with Crippen LogP contribution in [0.15, 0.2) is 35.5 Å². The van der Waals surface area contributed by atoms with Gasteiger partial charge in [0.1, 0.15) is 5.75 Å². The van der Waals surface area contributed by atoms with Crippen molar-refractivity contribution in [3.05, 3.63) is 41.1 Å². The van der Waals surface area contributed by atoms with E-state index in [0.717, 1.165) is 24.2 Å². The molecule has 1 aromatic rings. The summed E-state index contributed by atoms with van der Waals surface area (Å²) in [6.07, 6.45) is 0.914. The summed E-state index contributed by atoms with van der Waals surface area (Å²) in [6, 6.07) is 6.32. The highest BCUT2D eigenvalue weighted by Crippen LogP contribution is 2.32. The molecule has 0 saturated carbocycles. The van der Waals surface area contributed by atoms with Crippen LogP contribution < -0.4 is 5.32 Å². The lowest BCUT2D eigenvalue weighted by molar-refractivity contribution is -0.136. The molecule has 0 fully saturated rings. The molecule has 1 atom stereocenters. The summed E-state index contributed by atoms with van der Waals surface area (Å²) in [4.78, 5) is 14.2. The maximum absolute atomic E-state index is 12.2. The van der Waals surface area contributed by atoms with Crippen LogP contribution in [0.25, 0.3) is 0 Å². The van der Waals surface area contributed by atoms with E-state index in [2.05, 4.69) is 12.2 Å². The van der Waals surface area contributed by atoms with Crippen molar-refractivity contribution in [3.8, 4) is 5.75 Å². The molecular weight excluding hydrogens is 300 g/mol. The first-order valence-electron chi connectivity index (χ1n) is 7.15. The lowest BCUT2D eigenvalue weighted by Crippen LogP contribution is -2.48. The molecule has 22 heavy (non-hydrogen) atoms. The number of hydrogen-bond acceptors (Lipinski definition) is 4. The highest BCUT2D eigenvalue weighted by Gasteiger charge is 2.34. The smallest absolute Gasteiger partial charge is 0.337 e. The van der Waals surface area contributed by atoms with Gasteiger partial charge in [0, 0.05) is 12.2 Å². The van der Waals surface area contributed by atoms with Crippen LogP contribution in [0.3, 0.4) is 0 Å². The molecule has 0 radical (unpaired) electrons. The van der Waals surface area contributed by atoms with Crippen molar-refractivity contribution in [3.63, 3.8) is 0 Å². The van der Waals surface area contributed by atoms with E-state index in [-0.39, 0.29) is 17.8 Å². The maximum atomic E-state index is 12.2.